The van der Waals surface area contributed by atoms with E-state index in [-0.39, 0.29) is 25.4 Å². The fourth-order valence-corrected chi connectivity index (χ4v) is 4.32. The molecule has 33 heavy (non-hydrogen) atoms. The largest absolute Gasteiger partial charge is 0.457 e. The van der Waals surface area contributed by atoms with Crippen molar-refractivity contribution >= 4 is 36.3 Å². The predicted octanol–water partition coefficient (Wildman–Crippen LogP) is 4.20. The zero-order valence-electron chi connectivity index (χ0n) is 18.0. The van der Waals surface area contributed by atoms with E-state index in [4.69, 9.17) is 10.5 Å². The summed E-state index contributed by atoms with van der Waals surface area (Å²) < 4.78 is 8.08. The number of benzene rings is 2. The zero-order valence-corrected chi connectivity index (χ0v) is 19.0. The number of nitrogens with zero attached hydrogens (tertiary/aromatic N) is 3. The first-order valence-corrected chi connectivity index (χ1v) is 10.5. The normalized spacial score (nSPS) is 14.7. The molecule has 0 radical (unpaired) electrons. The number of nitrogens with two attached hydrogens (primary N) is 1. The number of para-hydroxylation sites is 1. The number of carbonyl (C=O) groups excluding carboxylic acids is 1. The van der Waals surface area contributed by atoms with Crippen LogP contribution in [0.5, 0.6) is 11.5 Å². The summed E-state index contributed by atoms with van der Waals surface area (Å²) >= 11 is 0. The Morgan fingerprint density at radius 2 is 1.85 bits per heavy atom. The average Bonchev–Trinajstić information content (AvgIpc) is 3.15. The summed E-state index contributed by atoms with van der Waals surface area (Å²) in [6, 6.07) is 17.7. The van der Waals surface area contributed by atoms with E-state index in [1.54, 1.807) is 0 Å². The first-order valence-electron chi connectivity index (χ1n) is 10.5. The van der Waals surface area contributed by atoms with Gasteiger partial charge in [-0.1, -0.05) is 36.9 Å². The highest BCUT2D eigenvalue weighted by Crippen LogP contribution is 2.39. The summed E-state index contributed by atoms with van der Waals surface area (Å²) in [7, 11) is 0. The lowest BCUT2D eigenvalue weighted by Gasteiger charge is -2.26. The molecule has 2 aromatic carbocycles. The van der Waals surface area contributed by atoms with E-state index in [2.05, 4.69) is 26.4 Å². The van der Waals surface area contributed by atoms with Gasteiger partial charge < -0.3 is 20.4 Å². The number of anilines is 1. The van der Waals surface area contributed by atoms with Gasteiger partial charge in [-0.15, -0.1) is 0 Å². The van der Waals surface area contributed by atoms with Gasteiger partial charge in [0, 0.05) is 23.8 Å². The molecular formula is C25H25N5O2S. The average molecular weight is 460 g/mol. The second-order valence-electron chi connectivity index (χ2n) is 7.78. The van der Waals surface area contributed by atoms with Crippen molar-refractivity contribution in [2.45, 2.75) is 25.4 Å². The van der Waals surface area contributed by atoms with Gasteiger partial charge in [0.25, 0.3) is 0 Å². The molecule has 0 unspecified atom stereocenters. The lowest BCUT2D eigenvalue weighted by atomic mass is 9.97. The number of hydrogen-bond acceptors (Lipinski definition) is 5. The van der Waals surface area contributed by atoms with Crippen LogP contribution in [0.25, 0.3) is 22.2 Å². The summed E-state index contributed by atoms with van der Waals surface area (Å²) in [6.07, 6.45) is 4.40. The molecule has 168 valence electrons. The maximum atomic E-state index is 11.8. The van der Waals surface area contributed by atoms with E-state index >= 15 is 0 Å². The Morgan fingerprint density at radius 3 is 2.58 bits per heavy atom. The Kier molecular flexibility index (Phi) is 6.37. The Labute approximate surface area is 198 Å². The quantitative estimate of drug-likeness (QED) is 0.436. The lowest BCUT2D eigenvalue weighted by molar-refractivity contribution is -0.117. The molecule has 0 aliphatic carbocycles. The highest BCUT2D eigenvalue weighted by Gasteiger charge is 2.28. The van der Waals surface area contributed by atoms with Crippen molar-refractivity contribution in [3.63, 3.8) is 0 Å². The van der Waals surface area contributed by atoms with E-state index in [1.807, 2.05) is 54.6 Å². The molecule has 7 nitrogen and oxygen atoms in total. The summed E-state index contributed by atoms with van der Waals surface area (Å²) in [4.78, 5) is 20.6. The van der Waals surface area contributed by atoms with Crippen molar-refractivity contribution in [1.82, 2.24) is 19.9 Å². The van der Waals surface area contributed by atoms with Crippen molar-refractivity contribution in [2.75, 3.05) is 5.73 Å². The molecule has 0 bridgehead atoms. The number of carbonyl (C=O) groups is 1. The van der Waals surface area contributed by atoms with Gasteiger partial charge in [0.1, 0.15) is 29.3 Å². The van der Waals surface area contributed by atoms with Gasteiger partial charge in [-0.25, -0.2) is 9.97 Å². The number of ether oxygens (including phenoxy) is 1. The fourth-order valence-electron chi connectivity index (χ4n) is 4.32. The maximum Gasteiger partial charge on any atom is 0.243 e. The molecule has 0 fully saturated rings. The van der Waals surface area contributed by atoms with Gasteiger partial charge >= 0.3 is 0 Å². The molecule has 4 aromatic rings. The van der Waals surface area contributed by atoms with Crippen LogP contribution < -0.4 is 15.8 Å². The SMILES string of the molecule is C=CC(=O)N[C@@H]1CCc2c(-c3ccc(Oc4ccccc4)cc3)c3c(N)ncnc3n2C1.S. The van der Waals surface area contributed by atoms with Gasteiger partial charge in [-0.05, 0) is 48.7 Å². The van der Waals surface area contributed by atoms with E-state index < -0.39 is 0 Å². The monoisotopic (exact) mass is 459 g/mol. The van der Waals surface area contributed by atoms with Crippen LogP contribution >= 0.6 is 13.5 Å². The minimum Gasteiger partial charge on any atom is -0.457 e. The minimum absolute atomic E-state index is 0. The minimum atomic E-state index is -0.168. The predicted molar refractivity (Wildman–Crippen MR) is 135 cm³/mol. The highest BCUT2D eigenvalue weighted by atomic mass is 32.1. The maximum absolute atomic E-state index is 11.8. The van der Waals surface area contributed by atoms with Crippen LogP contribution in [0.1, 0.15) is 12.1 Å². The molecule has 0 saturated heterocycles. The molecule has 0 spiro atoms. The fraction of sp³-hybridized carbons (Fsp3) is 0.160. The zero-order chi connectivity index (χ0) is 22.1. The van der Waals surface area contributed by atoms with E-state index in [9.17, 15) is 4.79 Å². The Hall–Kier alpha value is -3.78. The summed E-state index contributed by atoms with van der Waals surface area (Å²) in [5.74, 6) is 1.83. The molecule has 3 N–H and O–H groups in total. The number of nitrogen functional groups attached to an aromatic ring is 1. The molecule has 1 atom stereocenters. The summed E-state index contributed by atoms with van der Waals surface area (Å²) in [5.41, 5.74) is 10.3. The number of rotatable bonds is 5. The van der Waals surface area contributed by atoms with Crippen LogP contribution in [0.2, 0.25) is 0 Å². The first kappa shape index (κ1) is 22.4. The van der Waals surface area contributed by atoms with Gasteiger partial charge in [-0.3, -0.25) is 4.79 Å². The Balaban J connectivity index is 0.00000259. The summed E-state index contributed by atoms with van der Waals surface area (Å²) in [5, 5.41) is 3.84. The van der Waals surface area contributed by atoms with Crippen molar-refractivity contribution in [1.29, 1.82) is 0 Å². The lowest BCUT2D eigenvalue weighted by Crippen LogP contribution is -2.40. The van der Waals surface area contributed by atoms with E-state index in [0.717, 1.165) is 52.2 Å². The molecule has 8 heteroatoms. The van der Waals surface area contributed by atoms with Crippen molar-refractivity contribution < 1.29 is 9.53 Å². The van der Waals surface area contributed by atoms with Crippen LogP contribution in [-0.4, -0.2) is 26.5 Å². The molecular weight excluding hydrogens is 434 g/mol. The van der Waals surface area contributed by atoms with Gasteiger partial charge in [0.05, 0.1) is 5.39 Å². The molecule has 1 amide bonds. The third-order valence-corrected chi connectivity index (χ3v) is 5.76. The Bertz CT molecular complexity index is 1300. The molecule has 0 saturated carbocycles. The van der Waals surface area contributed by atoms with Crippen molar-refractivity contribution in [3.8, 4) is 22.6 Å². The number of fused-ring (bicyclic) bond motifs is 3. The smallest absolute Gasteiger partial charge is 0.243 e. The topological polar surface area (TPSA) is 95.1 Å². The Morgan fingerprint density at radius 1 is 1.12 bits per heavy atom. The third kappa shape index (κ3) is 4.29. The number of amides is 1. The van der Waals surface area contributed by atoms with Crippen LogP contribution in [0.3, 0.4) is 0 Å². The number of aromatic nitrogens is 3. The summed E-state index contributed by atoms with van der Waals surface area (Å²) in [6.45, 7) is 4.17. The molecule has 5 rings (SSSR count). The van der Waals surface area contributed by atoms with E-state index in [0.29, 0.717) is 12.4 Å². The number of nitrogens with one attached hydrogen (secondary N) is 1. The van der Waals surface area contributed by atoms with Gasteiger partial charge in [0.2, 0.25) is 5.91 Å². The van der Waals surface area contributed by atoms with Gasteiger partial charge in [-0.2, -0.15) is 13.5 Å². The highest BCUT2D eigenvalue weighted by molar-refractivity contribution is 7.59. The molecule has 1 aliphatic rings. The van der Waals surface area contributed by atoms with Crippen LogP contribution in [0, 0.1) is 0 Å². The van der Waals surface area contributed by atoms with E-state index in [1.165, 1.54) is 12.4 Å². The van der Waals surface area contributed by atoms with Crippen molar-refractivity contribution in [2.24, 2.45) is 0 Å². The van der Waals surface area contributed by atoms with Crippen LogP contribution in [-0.2, 0) is 17.8 Å². The third-order valence-electron chi connectivity index (χ3n) is 5.76. The number of hydrogen-bond donors (Lipinski definition) is 2. The van der Waals surface area contributed by atoms with Gasteiger partial charge in [0.15, 0.2) is 0 Å². The standard InChI is InChI=1S/C25H23N5O2.H2S/c1-2-21(31)29-17-10-13-20-22(23-24(26)27-15-28-25(23)30(20)14-17)16-8-11-19(12-9-16)32-18-6-4-3-5-7-18;/h2-9,11-12,15,17H,1,10,13-14H2,(H,29,31)(H2,26,27,28);1H2/t17-;/m1./s1. The molecule has 1 aliphatic heterocycles. The second kappa shape index (κ2) is 9.38. The molecule has 3 heterocycles. The second-order valence-corrected chi connectivity index (χ2v) is 7.78. The van der Waals surface area contributed by atoms with Crippen molar-refractivity contribution in [3.05, 3.63) is 79.3 Å². The molecule has 2 aromatic heterocycles. The van der Waals surface area contributed by atoms with Crippen LogP contribution in [0.4, 0.5) is 5.82 Å². The first-order chi connectivity index (χ1) is 15.6. The van der Waals surface area contributed by atoms with Crippen LogP contribution in [0.15, 0.2) is 73.6 Å².